The van der Waals surface area contributed by atoms with Crippen LogP contribution in [-0.2, 0) is 0 Å². The van der Waals surface area contributed by atoms with Gasteiger partial charge in [-0.15, -0.1) is 0 Å². The second-order valence-corrected chi connectivity index (χ2v) is 5.47. The fourth-order valence-corrected chi connectivity index (χ4v) is 3.15. The van der Waals surface area contributed by atoms with E-state index in [1.54, 1.807) is 6.07 Å². The van der Waals surface area contributed by atoms with Gasteiger partial charge >= 0.3 is 0 Å². The summed E-state index contributed by atoms with van der Waals surface area (Å²) in [5.74, 6) is 0.221. The molecule has 2 atom stereocenters. The number of aromatic nitrogens is 1. The Morgan fingerprint density at radius 2 is 2.20 bits per heavy atom. The molecule has 1 aliphatic heterocycles. The lowest BCUT2D eigenvalue weighted by molar-refractivity contribution is 0.100. The lowest BCUT2D eigenvalue weighted by Crippen LogP contribution is -2.36. The summed E-state index contributed by atoms with van der Waals surface area (Å²) in [6.45, 7) is 1.97. The van der Waals surface area contributed by atoms with Crippen molar-refractivity contribution in [2.45, 2.75) is 12.3 Å². The van der Waals surface area contributed by atoms with E-state index in [1.165, 1.54) is 5.56 Å². The van der Waals surface area contributed by atoms with Gasteiger partial charge in [-0.05, 0) is 36.0 Å². The summed E-state index contributed by atoms with van der Waals surface area (Å²) >= 11 is 0. The van der Waals surface area contributed by atoms with Gasteiger partial charge in [0.15, 0.2) is 0 Å². The van der Waals surface area contributed by atoms with Crippen LogP contribution in [0, 0.1) is 5.92 Å². The highest BCUT2D eigenvalue weighted by Gasteiger charge is 2.24. The van der Waals surface area contributed by atoms with Crippen molar-refractivity contribution in [3.05, 3.63) is 35.5 Å². The minimum Gasteiger partial charge on any atom is -0.396 e. The molecule has 5 N–H and O–H groups in total. The van der Waals surface area contributed by atoms with Crippen molar-refractivity contribution in [3.8, 4) is 0 Å². The maximum atomic E-state index is 11.5. The smallest absolute Gasteiger partial charge is 0.250 e. The Morgan fingerprint density at radius 1 is 1.35 bits per heavy atom. The number of carbonyl (C=O) groups excluding carboxylic acids is 1. The average Bonchev–Trinajstić information content (AvgIpc) is 2.95. The molecular formula is C15H19N3O2. The lowest BCUT2D eigenvalue weighted by atomic mass is 9.84. The monoisotopic (exact) mass is 273 g/mol. The standard InChI is InChI=1S/C15H19N3O2/c16-15(20)13-2-1-11(12-3-4-18-14(12)13)10-5-9(8-19)6-17-7-10/h1-4,9-10,17-19H,5-8H2,(H2,16,20)/t9-,10+/m0/s1. The van der Waals surface area contributed by atoms with Gasteiger partial charge in [-0.25, -0.2) is 0 Å². The molecule has 1 aromatic heterocycles. The van der Waals surface area contributed by atoms with E-state index in [9.17, 15) is 9.90 Å². The largest absolute Gasteiger partial charge is 0.396 e. The first-order valence-electron chi connectivity index (χ1n) is 6.92. The van der Waals surface area contributed by atoms with Crippen LogP contribution in [0.25, 0.3) is 10.9 Å². The fraction of sp³-hybridized carbons (Fsp3) is 0.400. The Bertz CT molecular complexity index is 635. The Balaban J connectivity index is 2.02. The SMILES string of the molecule is NC(=O)c1ccc([C@H]2CNC[C@@H](CO)C2)c2cc[nH]c12. The Morgan fingerprint density at radius 3 is 2.95 bits per heavy atom. The number of hydrogen-bond acceptors (Lipinski definition) is 3. The van der Waals surface area contributed by atoms with Crippen molar-refractivity contribution in [1.29, 1.82) is 0 Å². The van der Waals surface area contributed by atoms with Crippen LogP contribution in [0.2, 0.25) is 0 Å². The van der Waals surface area contributed by atoms with Crippen molar-refractivity contribution in [2.24, 2.45) is 11.7 Å². The number of nitrogens with two attached hydrogens (primary N) is 1. The predicted octanol–water partition coefficient (Wildman–Crippen LogP) is 0.952. The second-order valence-electron chi connectivity index (χ2n) is 5.47. The van der Waals surface area contributed by atoms with Crippen LogP contribution in [0.1, 0.15) is 28.3 Å². The van der Waals surface area contributed by atoms with Gasteiger partial charge in [-0.3, -0.25) is 4.79 Å². The van der Waals surface area contributed by atoms with Gasteiger partial charge in [0.1, 0.15) is 0 Å². The lowest BCUT2D eigenvalue weighted by Gasteiger charge is -2.29. The van der Waals surface area contributed by atoms with Crippen LogP contribution in [0.15, 0.2) is 24.4 Å². The highest BCUT2D eigenvalue weighted by molar-refractivity contribution is 6.05. The molecular weight excluding hydrogens is 254 g/mol. The van der Waals surface area contributed by atoms with E-state index in [0.717, 1.165) is 30.4 Å². The van der Waals surface area contributed by atoms with Crippen LogP contribution >= 0.6 is 0 Å². The highest BCUT2D eigenvalue weighted by Crippen LogP contribution is 2.32. The van der Waals surface area contributed by atoms with Gasteiger partial charge in [0.25, 0.3) is 5.91 Å². The number of hydrogen-bond donors (Lipinski definition) is 4. The molecule has 0 bridgehead atoms. The molecule has 2 heterocycles. The third-order valence-corrected chi connectivity index (χ3v) is 4.16. The van der Waals surface area contributed by atoms with Crippen LogP contribution in [0.4, 0.5) is 0 Å². The maximum Gasteiger partial charge on any atom is 0.250 e. The number of aromatic amines is 1. The fourth-order valence-electron chi connectivity index (χ4n) is 3.15. The van der Waals surface area contributed by atoms with Crippen LogP contribution in [0.5, 0.6) is 0 Å². The minimum atomic E-state index is -0.418. The van der Waals surface area contributed by atoms with E-state index in [-0.39, 0.29) is 6.61 Å². The summed E-state index contributed by atoms with van der Waals surface area (Å²) in [7, 11) is 0. The topological polar surface area (TPSA) is 91.1 Å². The third-order valence-electron chi connectivity index (χ3n) is 4.16. The first-order valence-corrected chi connectivity index (χ1v) is 6.92. The van der Waals surface area contributed by atoms with Gasteiger partial charge in [0, 0.05) is 31.3 Å². The summed E-state index contributed by atoms with van der Waals surface area (Å²) in [4.78, 5) is 14.6. The zero-order valence-corrected chi connectivity index (χ0v) is 11.2. The number of nitrogens with one attached hydrogen (secondary N) is 2. The number of fused-ring (bicyclic) bond motifs is 1. The van der Waals surface area contributed by atoms with E-state index < -0.39 is 5.91 Å². The second kappa shape index (κ2) is 5.26. The number of rotatable bonds is 3. The number of aliphatic hydroxyl groups is 1. The van der Waals surface area contributed by atoms with E-state index in [0.29, 0.717) is 17.4 Å². The molecule has 2 aromatic rings. The molecule has 0 aliphatic carbocycles. The summed E-state index contributed by atoms with van der Waals surface area (Å²) in [6.07, 6.45) is 2.79. The Kier molecular flexibility index (Phi) is 3.46. The molecule has 1 aliphatic rings. The number of carbonyl (C=O) groups is 1. The van der Waals surface area contributed by atoms with E-state index in [4.69, 9.17) is 5.73 Å². The number of piperidine rings is 1. The number of H-pyrrole nitrogens is 1. The van der Waals surface area contributed by atoms with Crippen molar-refractivity contribution >= 4 is 16.8 Å². The van der Waals surface area contributed by atoms with Crippen molar-refractivity contribution < 1.29 is 9.90 Å². The molecule has 106 valence electrons. The normalized spacial score (nSPS) is 23.1. The number of benzene rings is 1. The summed E-state index contributed by atoms with van der Waals surface area (Å²) in [5, 5.41) is 13.8. The van der Waals surface area contributed by atoms with E-state index >= 15 is 0 Å². The summed E-state index contributed by atoms with van der Waals surface area (Å²) in [5.41, 5.74) is 7.94. The molecule has 5 heteroatoms. The maximum absolute atomic E-state index is 11.5. The molecule has 0 unspecified atom stereocenters. The molecule has 1 saturated heterocycles. The molecule has 0 saturated carbocycles. The van der Waals surface area contributed by atoms with Crippen molar-refractivity contribution in [1.82, 2.24) is 10.3 Å². The quantitative estimate of drug-likeness (QED) is 0.671. The van der Waals surface area contributed by atoms with Crippen molar-refractivity contribution in [3.63, 3.8) is 0 Å². The van der Waals surface area contributed by atoms with Gasteiger partial charge in [0.05, 0.1) is 11.1 Å². The Labute approximate surface area is 117 Å². The molecule has 1 fully saturated rings. The molecule has 1 aromatic carbocycles. The Hall–Kier alpha value is -1.85. The van der Waals surface area contributed by atoms with Crippen LogP contribution in [-0.4, -0.2) is 35.7 Å². The highest BCUT2D eigenvalue weighted by atomic mass is 16.3. The molecule has 5 nitrogen and oxygen atoms in total. The first kappa shape index (κ1) is 13.1. The van der Waals surface area contributed by atoms with Crippen LogP contribution < -0.4 is 11.1 Å². The van der Waals surface area contributed by atoms with Gasteiger partial charge in [-0.2, -0.15) is 0 Å². The number of primary amides is 1. The van der Waals surface area contributed by atoms with E-state index in [1.807, 2.05) is 18.3 Å². The third kappa shape index (κ3) is 2.19. The molecule has 0 spiro atoms. The molecule has 3 rings (SSSR count). The minimum absolute atomic E-state index is 0.207. The zero-order chi connectivity index (χ0) is 14.1. The summed E-state index contributed by atoms with van der Waals surface area (Å²) in [6, 6.07) is 5.76. The van der Waals surface area contributed by atoms with E-state index in [2.05, 4.69) is 10.3 Å². The molecule has 1 amide bonds. The van der Waals surface area contributed by atoms with Crippen molar-refractivity contribution in [2.75, 3.05) is 19.7 Å². The summed E-state index contributed by atoms with van der Waals surface area (Å²) < 4.78 is 0. The molecule has 20 heavy (non-hydrogen) atoms. The number of aliphatic hydroxyl groups excluding tert-OH is 1. The first-order chi connectivity index (χ1) is 9.70. The van der Waals surface area contributed by atoms with Gasteiger partial charge in [-0.1, -0.05) is 6.07 Å². The number of amides is 1. The zero-order valence-electron chi connectivity index (χ0n) is 11.2. The van der Waals surface area contributed by atoms with Crippen LogP contribution in [0.3, 0.4) is 0 Å². The average molecular weight is 273 g/mol. The molecule has 0 radical (unpaired) electrons. The van der Waals surface area contributed by atoms with Gasteiger partial charge in [0.2, 0.25) is 0 Å². The van der Waals surface area contributed by atoms with Gasteiger partial charge < -0.3 is 21.1 Å². The predicted molar refractivity (Wildman–Crippen MR) is 77.6 cm³/mol.